The fraction of sp³-hybridized carbons (Fsp3) is 0. The van der Waals surface area contributed by atoms with Crippen LogP contribution in [0.1, 0.15) is 10.4 Å². The Bertz CT molecular complexity index is 466. The fourth-order valence-electron chi connectivity index (χ4n) is 0.999. The Morgan fingerprint density at radius 3 is 2.06 bits per heavy atom. The maximum absolute atomic E-state index is 11.2. The van der Waals surface area contributed by atoms with Crippen molar-refractivity contribution in [3.63, 3.8) is 0 Å². The van der Waals surface area contributed by atoms with Gasteiger partial charge in [0, 0.05) is 6.07 Å². The van der Waals surface area contributed by atoms with E-state index in [9.17, 15) is 30.1 Å². The molecule has 9 nitrogen and oxygen atoms in total. The molecule has 1 aromatic carbocycles. The summed E-state index contributed by atoms with van der Waals surface area (Å²) in [5.74, 6) is -3.11. The van der Waals surface area contributed by atoms with Gasteiger partial charge in [-0.05, 0) is 5.75 Å². The molecule has 10 heteroatoms. The van der Waals surface area contributed by atoms with Crippen molar-refractivity contribution in [1.29, 1.82) is 0 Å². The summed E-state index contributed by atoms with van der Waals surface area (Å²) in [6.45, 7) is 0. The van der Waals surface area contributed by atoms with Gasteiger partial charge in [-0.1, -0.05) is 0 Å². The second-order valence-corrected chi connectivity index (χ2v) is 2.66. The van der Waals surface area contributed by atoms with Crippen molar-refractivity contribution >= 4 is 17.3 Å². The number of nitrogens with zero attached hydrogens (tertiary/aromatic N) is 2. The van der Waals surface area contributed by atoms with Gasteiger partial charge in [-0.3, -0.25) is 20.2 Å². The van der Waals surface area contributed by atoms with Crippen LogP contribution in [-0.2, 0) is 0 Å². The number of hydrogen-bond donors (Lipinski definition) is 1. The van der Waals surface area contributed by atoms with Crippen molar-refractivity contribution in [2.24, 2.45) is 0 Å². The van der Waals surface area contributed by atoms with E-state index in [0.29, 0.717) is 12.1 Å². The number of carbonyl (C=O) groups is 1. The van der Waals surface area contributed by atoms with Crippen molar-refractivity contribution in [2.75, 3.05) is 0 Å². The van der Waals surface area contributed by atoms with Crippen LogP contribution in [-0.4, -0.2) is 20.9 Å². The normalized spacial score (nSPS) is 9.18. The Hall–Kier alpha value is -0.658. The molecule has 0 aliphatic rings. The molecule has 0 aliphatic heterocycles. The van der Waals surface area contributed by atoms with Crippen LogP contribution in [0.2, 0.25) is 0 Å². The quantitative estimate of drug-likeness (QED) is 0.455. The van der Waals surface area contributed by atoms with Crippen LogP contribution in [0, 0.1) is 20.2 Å². The zero-order valence-electron chi connectivity index (χ0n) is 8.45. The van der Waals surface area contributed by atoms with Crippen LogP contribution in [0.25, 0.3) is 0 Å². The maximum Gasteiger partial charge on any atom is 1.00 e. The van der Waals surface area contributed by atoms with E-state index in [1.54, 1.807) is 0 Å². The molecule has 0 amide bonds. The van der Waals surface area contributed by atoms with Crippen LogP contribution < -0.4 is 74.0 Å². The molecule has 0 radical (unpaired) electrons. The summed E-state index contributed by atoms with van der Waals surface area (Å²) in [4.78, 5) is 29.1. The van der Waals surface area contributed by atoms with Gasteiger partial charge in [0.1, 0.15) is 0 Å². The van der Waals surface area contributed by atoms with E-state index >= 15 is 0 Å². The van der Waals surface area contributed by atoms with E-state index in [4.69, 9.17) is 5.11 Å². The Labute approximate surface area is 152 Å². The number of carboxylic acid groups (broad SMARTS) is 1. The summed E-state index contributed by atoms with van der Waals surface area (Å²) in [6, 6.07) is 0.909. The van der Waals surface area contributed by atoms with Crippen LogP contribution in [0.5, 0.6) is 5.75 Å². The average Bonchev–Trinajstić information content (AvgIpc) is 2.16. The molecular weight excluding hydrogens is 357 g/mol. The van der Waals surface area contributed by atoms with Gasteiger partial charge in [-0.25, -0.2) is 4.79 Å². The smallest absolute Gasteiger partial charge is 0.867 e. The molecule has 0 heterocycles. The number of non-ortho nitro benzene ring substituents is 1. The van der Waals surface area contributed by atoms with E-state index in [1.165, 1.54) is 0 Å². The van der Waals surface area contributed by atoms with Crippen molar-refractivity contribution < 1.29 is 93.7 Å². The minimum Gasteiger partial charge on any atom is -0.867 e. The molecule has 1 N–H and O–H groups in total. The average molecular weight is 360 g/mol. The Morgan fingerprint density at radius 2 is 1.71 bits per heavy atom. The van der Waals surface area contributed by atoms with Gasteiger partial charge in [-0.2, -0.15) is 0 Å². The Morgan fingerprint density at radius 1 is 1.18 bits per heavy atom. The number of nitro benzene ring substituents is 2. The predicted octanol–water partition coefficient (Wildman–Crippen LogP) is -2.72. The van der Waals surface area contributed by atoms with Crippen molar-refractivity contribution in [3.05, 3.63) is 37.9 Å². The summed E-state index contributed by atoms with van der Waals surface area (Å²) < 4.78 is 0. The fourth-order valence-corrected chi connectivity index (χ4v) is 0.999. The summed E-state index contributed by atoms with van der Waals surface area (Å²) in [7, 11) is 0. The molecule has 0 saturated carbocycles. The second-order valence-electron chi connectivity index (χ2n) is 2.66. The van der Waals surface area contributed by atoms with E-state index < -0.39 is 38.5 Å². The topological polar surface area (TPSA) is 147 Å². The molecule has 0 unspecified atom stereocenters. The summed E-state index contributed by atoms with van der Waals surface area (Å²) >= 11 is 0. The van der Waals surface area contributed by atoms with E-state index in [1.807, 2.05) is 0 Å². The van der Waals surface area contributed by atoms with Crippen molar-refractivity contribution in [1.82, 2.24) is 0 Å². The van der Waals surface area contributed by atoms with Gasteiger partial charge in [0.15, 0.2) is 0 Å². The number of carboxylic acids is 1. The van der Waals surface area contributed by atoms with Gasteiger partial charge in [0.25, 0.3) is 11.4 Å². The zero-order valence-corrected chi connectivity index (χ0v) is 14.7. The van der Waals surface area contributed by atoms with Gasteiger partial charge < -0.3 is 10.2 Å². The Kier molecular flexibility index (Phi) is 6.08. The van der Waals surface area contributed by atoms with Crippen molar-refractivity contribution in [2.45, 2.75) is 0 Å². The van der Waals surface area contributed by atoms with Crippen molar-refractivity contribution in [3.8, 4) is 5.75 Å². The van der Waals surface area contributed by atoms with Gasteiger partial charge in [-0.15, -0.1) is 0 Å². The largest absolute Gasteiger partial charge is 1.00 e. The first-order chi connectivity index (χ1) is 7.34. The van der Waals surface area contributed by atoms with Gasteiger partial charge in [0.2, 0.25) is 0 Å². The van der Waals surface area contributed by atoms with E-state index in [-0.39, 0.29) is 68.9 Å². The standard InChI is InChI=1S/C7H4N2O7.Cs/c10-6-4(7(11)12)1-3(8(13)14)2-5(6)9(15)16;/h1-2,10H,(H,11,12);/q;+1/p-1. The summed E-state index contributed by atoms with van der Waals surface area (Å²) in [5.41, 5.74) is -2.95. The minimum atomic E-state index is -1.75. The minimum absolute atomic E-state index is 0. The second kappa shape index (κ2) is 6.32. The molecule has 0 fully saturated rings. The molecule has 1 rings (SSSR count). The molecule has 0 saturated heterocycles. The van der Waals surface area contributed by atoms with Gasteiger partial charge in [0.05, 0.1) is 21.5 Å². The molecule has 0 atom stereocenters. The molecule has 84 valence electrons. The number of rotatable bonds is 3. The predicted molar refractivity (Wildman–Crippen MR) is 46.2 cm³/mol. The molecule has 1 aromatic rings. The number of nitro groups is 2. The third kappa shape index (κ3) is 3.65. The zero-order chi connectivity index (χ0) is 12.5. The molecule has 0 aromatic heterocycles. The van der Waals surface area contributed by atoms with E-state index in [0.717, 1.165) is 0 Å². The first-order valence-corrected chi connectivity index (χ1v) is 3.71. The van der Waals surface area contributed by atoms with E-state index in [2.05, 4.69) is 0 Å². The molecule has 0 spiro atoms. The number of hydrogen-bond acceptors (Lipinski definition) is 6. The third-order valence-corrected chi connectivity index (χ3v) is 1.69. The van der Waals surface area contributed by atoms with Crippen LogP contribution >= 0.6 is 0 Å². The monoisotopic (exact) mass is 360 g/mol. The van der Waals surface area contributed by atoms with Crippen LogP contribution in [0.3, 0.4) is 0 Å². The third-order valence-electron chi connectivity index (χ3n) is 1.69. The SMILES string of the molecule is O=C(O)c1cc([N+](=O)[O-])cc([N+](=O)[O-])c1[O-].[Cs+]. The molecule has 0 aliphatic carbocycles. The molecule has 17 heavy (non-hydrogen) atoms. The van der Waals surface area contributed by atoms with Crippen LogP contribution in [0.15, 0.2) is 12.1 Å². The van der Waals surface area contributed by atoms with Gasteiger partial charge >= 0.3 is 74.9 Å². The number of aromatic carboxylic acids is 1. The maximum atomic E-state index is 11.2. The summed E-state index contributed by atoms with van der Waals surface area (Å²) in [6.07, 6.45) is 0. The van der Waals surface area contributed by atoms with Crippen LogP contribution in [0.4, 0.5) is 11.4 Å². The first-order valence-electron chi connectivity index (χ1n) is 3.71. The summed E-state index contributed by atoms with van der Waals surface area (Å²) in [5, 5.41) is 40.4. The molecular formula is C7H3CsN2O7. The molecule has 0 bridgehead atoms. The number of benzene rings is 1. The Balaban J connectivity index is 0.00000256. The first kappa shape index (κ1) is 16.3.